The van der Waals surface area contributed by atoms with Gasteiger partial charge in [-0.1, -0.05) is 46.3 Å². The number of aryl methyl sites for hydroxylation is 2. The van der Waals surface area contributed by atoms with Crippen molar-refractivity contribution in [3.63, 3.8) is 0 Å². The molecule has 0 aliphatic rings. The van der Waals surface area contributed by atoms with Crippen molar-refractivity contribution in [1.29, 1.82) is 0 Å². The summed E-state index contributed by atoms with van der Waals surface area (Å²) in [5, 5.41) is 3.26. The predicted octanol–water partition coefficient (Wildman–Crippen LogP) is 6.29. The van der Waals surface area contributed by atoms with E-state index in [1.807, 2.05) is 23.7 Å². The highest BCUT2D eigenvalue weighted by Gasteiger charge is 2.14. The summed E-state index contributed by atoms with van der Waals surface area (Å²) in [5.41, 5.74) is 6.79. The number of halogens is 2. The highest BCUT2D eigenvalue weighted by Crippen LogP contribution is 2.28. The lowest BCUT2D eigenvalue weighted by Crippen LogP contribution is -2.18. The molecule has 0 fully saturated rings. The van der Waals surface area contributed by atoms with Gasteiger partial charge < -0.3 is 4.90 Å². The first kappa shape index (κ1) is 40.4. The number of aliphatic imine (C=N–C) groups is 1. The first-order valence-corrected chi connectivity index (χ1v) is 19.2. The van der Waals surface area contributed by atoms with Crippen LogP contribution in [0, 0.1) is 13.8 Å². The van der Waals surface area contributed by atoms with Crippen LogP contribution < -0.4 is 9.44 Å². The molecule has 47 heavy (non-hydrogen) atoms. The maximum Gasteiger partial charge on any atom is 0.240 e. The van der Waals surface area contributed by atoms with Crippen LogP contribution >= 0.6 is 44.2 Å². The molecule has 4 aromatic rings. The summed E-state index contributed by atoms with van der Waals surface area (Å²) >= 11 is 4.65. The Kier molecular flexibility index (Phi) is 15.6. The van der Waals surface area contributed by atoms with E-state index in [4.69, 9.17) is 4.98 Å². The highest BCUT2D eigenvalue weighted by molar-refractivity contribution is 9.09. The molecule has 0 spiro atoms. The summed E-state index contributed by atoms with van der Waals surface area (Å²) in [6.07, 6.45) is 2.62. The summed E-state index contributed by atoms with van der Waals surface area (Å²) in [6.45, 7) is 7.19. The summed E-state index contributed by atoms with van der Waals surface area (Å²) in [5.74, 6) is -0.0802. The molecule has 15 heteroatoms. The van der Waals surface area contributed by atoms with Crippen molar-refractivity contribution in [1.82, 2.24) is 19.3 Å². The minimum Gasteiger partial charge on any atom is -0.366 e. The molecule has 0 saturated carbocycles. The third-order valence-electron chi connectivity index (χ3n) is 7.05. The summed E-state index contributed by atoms with van der Waals surface area (Å²) in [7, 11) is -2.10. The summed E-state index contributed by atoms with van der Waals surface area (Å²) in [4.78, 5) is 23.0. The van der Waals surface area contributed by atoms with Gasteiger partial charge >= 0.3 is 0 Å². The number of alkyl halides is 1. The van der Waals surface area contributed by atoms with Crippen LogP contribution in [0.4, 0.5) is 5.69 Å². The monoisotopic (exact) mass is 827 g/mol. The molecule has 0 radical (unpaired) electrons. The van der Waals surface area contributed by atoms with E-state index >= 15 is 0 Å². The Bertz CT molecular complexity index is 1900. The number of nitrogens with zero attached hydrogens (tertiary/aromatic N) is 3. The van der Waals surface area contributed by atoms with E-state index < -0.39 is 20.0 Å². The number of hydrogen-bond donors (Lipinski definition) is 2. The van der Waals surface area contributed by atoms with Gasteiger partial charge in [0, 0.05) is 36.5 Å². The third-order valence-corrected chi connectivity index (χ3v) is 11.3. The zero-order valence-corrected chi connectivity index (χ0v) is 32.7. The van der Waals surface area contributed by atoms with Gasteiger partial charge in [-0.05, 0) is 81.9 Å². The molecule has 0 unspecified atom stereocenters. The van der Waals surface area contributed by atoms with Crippen molar-refractivity contribution in [2.75, 3.05) is 33.0 Å². The normalized spacial score (nSPS) is 11.5. The molecule has 0 bridgehead atoms. The fraction of sp³-hybridized carbons (Fsp3) is 0.281. The number of carbonyl (C=O) groups is 1. The van der Waals surface area contributed by atoms with Crippen LogP contribution in [0.1, 0.15) is 39.0 Å². The van der Waals surface area contributed by atoms with Crippen LogP contribution in [0.5, 0.6) is 0 Å². The van der Waals surface area contributed by atoms with Gasteiger partial charge in [0.15, 0.2) is 5.78 Å². The SMILES string of the molecule is Br.CCN(C)C=Nc1cc(C)c(Cc2nc(-c3ccc(S(=O)(=O)NC)cc3)cs2)cc1C.CNS(=O)(=O)c1ccc(C(=O)CBr)cc1. The fourth-order valence-corrected chi connectivity index (χ4v) is 6.67. The van der Waals surface area contributed by atoms with Crippen molar-refractivity contribution < 1.29 is 21.6 Å². The van der Waals surface area contributed by atoms with E-state index in [0.29, 0.717) is 5.56 Å². The Morgan fingerprint density at radius 1 is 0.936 bits per heavy atom. The van der Waals surface area contributed by atoms with Crippen LogP contribution in [0.3, 0.4) is 0 Å². The van der Waals surface area contributed by atoms with Crippen molar-refractivity contribution >= 4 is 82.1 Å². The average molecular weight is 830 g/mol. The zero-order valence-electron chi connectivity index (χ0n) is 26.9. The van der Waals surface area contributed by atoms with Gasteiger partial charge in [0.1, 0.15) is 0 Å². The largest absolute Gasteiger partial charge is 0.366 e. The molecular weight excluding hydrogens is 790 g/mol. The van der Waals surface area contributed by atoms with Gasteiger partial charge in [-0.25, -0.2) is 36.3 Å². The fourth-order valence-electron chi connectivity index (χ4n) is 4.06. The number of sulfonamides is 2. The highest BCUT2D eigenvalue weighted by atomic mass is 79.9. The minimum absolute atomic E-state index is 0. The first-order valence-electron chi connectivity index (χ1n) is 14.2. The van der Waals surface area contributed by atoms with Gasteiger partial charge in [0.05, 0.1) is 37.8 Å². The molecule has 0 aliphatic carbocycles. The van der Waals surface area contributed by atoms with Crippen molar-refractivity contribution in [2.45, 2.75) is 37.0 Å². The smallest absolute Gasteiger partial charge is 0.240 e. The van der Waals surface area contributed by atoms with Gasteiger partial charge in [0.2, 0.25) is 20.0 Å². The van der Waals surface area contributed by atoms with Crippen molar-refractivity contribution in [3.05, 3.63) is 93.3 Å². The van der Waals surface area contributed by atoms with E-state index in [1.165, 1.54) is 49.5 Å². The van der Waals surface area contributed by atoms with E-state index in [1.54, 1.807) is 35.6 Å². The molecule has 0 amide bonds. The third kappa shape index (κ3) is 11.1. The molecule has 10 nitrogen and oxygen atoms in total. The van der Waals surface area contributed by atoms with E-state index in [0.717, 1.165) is 40.5 Å². The molecular formula is C32H39Br2N5O5S3. The standard InChI is InChI=1S/C23H28N4O2S2.C9H10BrNO3S.BrH/c1-6-27(5)15-25-21-12-16(2)19(11-17(21)3)13-23-26-22(14-30-23)18-7-9-20(10-8-18)31(28,29)24-4;1-11-15(13,14)8-4-2-7(3-5-8)9(12)6-10;/h7-12,14-15,24H,6,13H2,1-5H3;2-5,11H,6H2,1H3;1H. The second kappa shape index (κ2) is 18.1. The average Bonchev–Trinajstić information content (AvgIpc) is 3.54. The molecule has 0 atom stereocenters. The van der Waals surface area contributed by atoms with E-state index in [-0.39, 0.29) is 37.9 Å². The molecule has 4 rings (SSSR count). The Hall–Kier alpha value is -2.79. The Balaban J connectivity index is 0.000000405. The lowest BCUT2D eigenvalue weighted by atomic mass is 10.0. The van der Waals surface area contributed by atoms with Crippen LogP contribution in [-0.2, 0) is 26.5 Å². The van der Waals surface area contributed by atoms with Gasteiger partial charge in [-0.3, -0.25) is 4.79 Å². The van der Waals surface area contributed by atoms with Crippen LogP contribution in [0.2, 0.25) is 0 Å². The predicted molar refractivity (Wildman–Crippen MR) is 200 cm³/mol. The molecule has 0 aliphatic heterocycles. The Labute approximate surface area is 300 Å². The Morgan fingerprint density at radius 2 is 1.49 bits per heavy atom. The zero-order chi connectivity index (χ0) is 34.1. The minimum atomic E-state index is -3.44. The maximum atomic E-state index is 11.9. The number of carbonyl (C=O) groups excluding carboxylic acids is 1. The topological polar surface area (TPSA) is 138 Å². The number of Topliss-reactive ketones (excluding diaryl/α,β-unsaturated/α-hetero) is 1. The summed E-state index contributed by atoms with van der Waals surface area (Å²) in [6, 6.07) is 16.9. The van der Waals surface area contributed by atoms with Gasteiger partial charge in [0.25, 0.3) is 0 Å². The van der Waals surface area contributed by atoms with Crippen LogP contribution in [0.15, 0.2) is 80.8 Å². The van der Waals surface area contributed by atoms with E-state index in [2.05, 4.69) is 63.3 Å². The number of benzene rings is 3. The number of ketones is 1. The number of rotatable bonds is 12. The van der Waals surface area contributed by atoms with Crippen LogP contribution in [0.25, 0.3) is 11.3 Å². The number of aromatic nitrogens is 1. The van der Waals surface area contributed by atoms with E-state index in [9.17, 15) is 21.6 Å². The Morgan fingerprint density at radius 3 is 2.00 bits per heavy atom. The quantitative estimate of drug-likeness (QED) is 0.0742. The number of nitrogens with one attached hydrogen (secondary N) is 2. The molecule has 1 heterocycles. The lowest BCUT2D eigenvalue weighted by molar-refractivity contribution is 0.102. The molecule has 3 aromatic carbocycles. The molecule has 2 N–H and O–H groups in total. The molecule has 0 saturated heterocycles. The van der Waals surface area contributed by atoms with Crippen molar-refractivity contribution in [3.8, 4) is 11.3 Å². The molecule has 254 valence electrons. The lowest BCUT2D eigenvalue weighted by Gasteiger charge is -2.11. The maximum absolute atomic E-state index is 11.9. The van der Waals surface area contributed by atoms with Gasteiger partial charge in [-0.2, -0.15) is 0 Å². The number of hydrogen-bond acceptors (Lipinski definition) is 8. The van der Waals surface area contributed by atoms with Crippen LogP contribution in [-0.4, -0.2) is 71.9 Å². The van der Waals surface area contributed by atoms with Gasteiger partial charge in [-0.15, -0.1) is 28.3 Å². The summed E-state index contributed by atoms with van der Waals surface area (Å²) < 4.78 is 51.0. The van der Waals surface area contributed by atoms with Crippen molar-refractivity contribution in [2.24, 2.45) is 4.99 Å². The first-order chi connectivity index (χ1) is 21.7. The second-order valence-electron chi connectivity index (χ2n) is 10.2. The molecule has 1 aromatic heterocycles. The number of thiazole rings is 1. The second-order valence-corrected chi connectivity index (χ2v) is 15.5.